The third kappa shape index (κ3) is 2.98. The fourth-order valence-corrected chi connectivity index (χ4v) is 1.83. The Balaban J connectivity index is 2.46. The van der Waals surface area contributed by atoms with Gasteiger partial charge in [0.25, 0.3) is 0 Å². The maximum atomic E-state index is 11.2. The van der Waals surface area contributed by atoms with Crippen molar-refractivity contribution in [2.45, 2.75) is 0 Å². The van der Waals surface area contributed by atoms with Gasteiger partial charge in [-0.05, 0) is 41.5 Å². The summed E-state index contributed by atoms with van der Waals surface area (Å²) in [7, 11) is 0. The molecule has 0 saturated carbocycles. The molecule has 0 saturated heterocycles. The molecule has 0 atom stereocenters. The maximum Gasteiger partial charge on any atom is 0.150 e. The second-order valence-electron chi connectivity index (χ2n) is 4.15. The second-order valence-corrected chi connectivity index (χ2v) is 4.15. The maximum absolute atomic E-state index is 11.2. The minimum Gasteiger partial charge on any atom is -0.298 e. The third-order valence-electron chi connectivity index (χ3n) is 2.79. The normalized spacial score (nSPS) is 10.4. The van der Waals surface area contributed by atoms with Gasteiger partial charge in [0.1, 0.15) is 0 Å². The standard InChI is InChI=1S/C17H10N2O/c18-10-14-4-1-3-13(7-14)8-17(12-20)16-6-2-5-15(9-16)11-19/h1-9,12H/b17-8-. The molecule has 2 aromatic rings. The van der Waals surface area contributed by atoms with Crippen LogP contribution in [-0.4, -0.2) is 6.29 Å². The van der Waals surface area contributed by atoms with Gasteiger partial charge in [-0.3, -0.25) is 4.79 Å². The Bertz CT molecular complexity index is 761. The molecule has 0 spiro atoms. The molecule has 3 heteroatoms. The minimum absolute atomic E-state index is 0.470. The number of nitrogens with zero attached hydrogens (tertiary/aromatic N) is 2. The smallest absolute Gasteiger partial charge is 0.150 e. The molecule has 0 aliphatic rings. The van der Waals surface area contributed by atoms with E-state index in [1.165, 1.54) is 0 Å². The molecule has 0 aliphatic heterocycles. The van der Waals surface area contributed by atoms with Crippen molar-refractivity contribution in [3.8, 4) is 12.1 Å². The Hall–Kier alpha value is -3.17. The van der Waals surface area contributed by atoms with Gasteiger partial charge in [0.15, 0.2) is 6.29 Å². The van der Waals surface area contributed by atoms with E-state index in [1.54, 1.807) is 48.5 Å². The van der Waals surface area contributed by atoms with Crippen LogP contribution in [0.4, 0.5) is 0 Å². The van der Waals surface area contributed by atoms with E-state index in [0.29, 0.717) is 22.3 Å². The zero-order chi connectivity index (χ0) is 14.4. The molecule has 0 aliphatic carbocycles. The van der Waals surface area contributed by atoms with Crippen LogP contribution in [-0.2, 0) is 4.79 Å². The highest BCUT2D eigenvalue weighted by molar-refractivity contribution is 6.13. The van der Waals surface area contributed by atoms with E-state index < -0.39 is 0 Å². The molecule has 2 rings (SSSR count). The molecule has 0 heterocycles. The Labute approximate surface area is 117 Å². The summed E-state index contributed by atoms with van der Waals surface area (Å²) >= 11 is 0. The molecule has 3 nitrogen and oxygen atoms in total. The number of hydrogen-bond donors (Lipinski definition) is 0. The van der Waals surface area contributed by atoms with Gasteiger partial charge in [-0.15, -0.1) is 0 Å². The second kappa shape index (κ2) is 6.13. The average molecular weight is 258 g/mol. The predicted octanol–water partition coefficient (Wildman–Crippen LogP) is 3.17. The summed E-state index contributed by atoms with van der Waals surface area (Å²) in [6.07, 6.45) is 2.44. The number of hydrogen-bond acceptors (Lipinski definition) is 3. The molecule has 0 unspecified atom stereocenters. The van der Waals surface area contributed by atoms with E-state index in [9.17, 15) is 4.79 Å². The van der Waals surface area contributed by atoms with Crippen molar-refractivity contribution < 1.29 is 4.79 Å². The predicted molar refractivity (Wildman–Crippen MR) is 76.2 cm³/mol. The van der Waals surface area contributed by atoms with Gasteiger partial charge in [-0.1, -0.05) is 24.3 Å². The lowest BCUT2D eigenvalue weighted by Crippen LogP contribution is -1.88. The first-order chi connectivity index (χ1) is 9.76. The van der Waals surface area contributed by atoms with E-state index >= 15 is 0 Å². The molecule has 0 bridgehead atoms. The average Bonchev–Trinajstić information content (AvgIpc) is 2.52. The molecular formula is C17H10N2O. The number of rotatable bonds is 3. The van der Waals surface area contributed by atoms with Crippen LogP contribution in [0, 0.1) is 22.7 Å². The van der Waals surface area contributed by atoms with Crippen LogP contribution in [0.25, 0.3) is 11.6 Å². The first-order valence-electron chi connectivity index (χ1n) is 5.94. The monoisotopic (exact) mass is 258 g/mol. The van der Waals surface area contributed by atoms with E-state index in [2.05, 4.69) is 6.07 Å². The highest BCUT2D eigenvalue weighted by atomic mass is 16.1. The largest absolute Gasteiger partial charge is 0.298 e. The van der Waals surface area contributed by atoms with E-state index in [-0.39, 0.29) is 0 Å². The Morgan fingerprint density at radius 1 is 0.950 bits per heavy atom. The quantitative estimate of drug-likeness (QED) is 0.482. The fourth-order valence-electron chi connectivity index (χ4n) is 1.83. The van der Waals surface area contributed by atoms with E-state index in [0.717, 1.165) is 11.8 Å². The highest BCUT2D eigenvalue weighted by Gasteiger charge is 2.02. The number of carbonyl (C=O) groups excluding carboxylic acids is 1. The van der Waals surface area contributed by atoms with Gasteiger partial charge in [0, 0.05) is 5.57 Å². The number of aldehydes is 1. The lowest BCUT2D eigenvalue weighted by Gasteiger charge is -2.02. The fraction of sp³-hybridized carbons (Fsp3) is 0. The molecule has 0 fully saturated rings. The van der Waals surface area contributed by atoms with Crippen LogP contribution in [0.15, 0.2) is 48.5 Å². The van der Waals surface area contributed by atoms with Gasteiger partial charge in [-0.2, -0.15) is 10.5 Å². The Morgan fingerprint density at radius 2 is 1.60 bits per heavy atom. The van der Waals surface area contributed by atoms with Crippen molar-refractivity contribution in [1.29, 1.82) is 10.5 Å². The molecule has 2 aromatic carbocycles. The van der Waals surface area contributed by atoms with Crippen LogP contribution in [0.1, 0.15) is 22.3 Å². The zero-order valence-corrected chi connectivity index (χ0v) is 10.6. The van der Waals surface area contributed by atoms with Crippen molar-refractivity contribution in [3.63, 3.8) is 0 Å². The summed E-state index contributed by atoms with van der Waals surface area (Å²) in [4.78, 5) is 11.2. The highest BCUT2D eigenvalue weighted by Crippen LogP contribution is 2.18. The lowest BCUT2D eigenvalue weighted by molar-refractivity contribution is -0.103. The van der Waals surface area contributed by atoms with Gasteiger partial charge >= 0.3 is 0 Å². The summed E-state index contributed by atoms with van der Waals surface area (Å²) in [5, 5.41) is 17.7. The Morgan fingerprint density at radius 3 is 2.25 bits per heavy atom. The van der Waals surface area contributed by atoms with Crippen molar-refractivity contribution in [1.82, 2.24) is 0 Å². The van der Waals surface area contributed by atoms with Crippen molar-refractivity contribution in [3.05, 3.63) is 70.8 Å². The molecule has 0 aromatic heterocycles. The Kier molecular flexibility index (Phi) is 4.07. The van der Waals surface area contributed by atoms with Crippen LogP contribution >= 0.6 is 0 Å². The van der Waals surface area contributed by atoms with Crippen molar-refractivity contribution in [2.75, 3.05) is 0 Å². The summed E-state index contributed by atoms with van der Waals surface area (Å²) in [6, 6.07) is 17.9. The van der Waals surface area contributed by atoms with E-state index in [4.69, 9.17) is 10.5 Å². The van der Waals surface area contributed by atoms with Crippen molar-refractivity contribution >= 4 is 17.9 Å². The first-order valence-corrected chi connectivity index (χ1v) is 5.94. The molecule has 20 heavy (non-hydrogen) atoms. The van der Waals surface area contributed by atoms with Gasteiger partial charge in [-0.25, -0.2) is 0 Å². The topological polar surface area (TPSA) is 64.7 Å². The zero-order valence-electron chi connectivity index (χ0n) is 10.6. The van der Waals surface area contributed by atoms with Crippen LogP contribution in [0.2, 0.25) is 0 Å². The summed E-state index contributed by atoms with van der Waals surface area (Å²) in [5.41, 5.74) is 2.96. The lowest BCUT2D eigenvalue weighted by atomic mass is 10.0. The molecule has 0 radical (unpaired) electrons. The first kappa shape index (κ1) is 13.3. The number of benzene rings is 2. The summed E-state index contributed by atoms with van der Waals surface area (Å²) in [5.74, 6) is 0. The van der Waals surface area contributed by atoms with E-state index in [1.807, 2.05) is 12.1 Å². The molecule has 94 valence electrons. The molecule has 0 N–H and O–H groups in total. The summed E-state index contributed by atoms with van der Waals surface area (Å²) < 4.78 is 0. The minimum atomic E-state index is 0.470. The number of allylic oxidation sites excluding steroid dienone is 1. The third-order valence-corrected chi connectivity index (χ3v) is 2.79. The van der Waals surface area contributed by atoms with Crippen molar-refractivity contribution in [2.24, 2.45) is 0 Å². The SMILES string of the molecule is N#Cc1cccc(/C=C(/C=O)c2cccc(C#N)c2)c1. The van der Waals surface area contributed by atoms with Crippen LogP contribution in [0.5, 0.6) is 0 Å². The molecule has 0 amide bonds. The van der Waals surface area contributed by atoms with Crippen LogP contribution < -0.4 is 0 Å². The van der Waals surface area contributed by atoms with Crippen LogP contribution in [0.3, 0.4) is 0 Å². The van der Waals surface area contributed by atoms with Gasteiger partial charge < -0.3 is 0 Å². The summed E-state index contributed by atoms with van der Waals surface area (Å²) in [6.45, 7) is 0. The van der Waals surface area contributed by atoms with Gasteiger partial charge in [0.05, 0.1) is 23.3 Å². The van der Waals surface area contributed by atoms with Gasteiger partial charge in [0.2, 0.25) is 0 Å². The molecular weight excluding hydrogens is 248 g/mol. The number of nitriles is 2. The number of carbonyl (C=O) groups is 1.